The molecule has 0 aromatic carbocycles. The largest absolute Gasteiger partial charge is 0.383 e. The molecule has 2 aromatic heterocycles. The van der Waals surface area contributed by atoms with Crippen molar-refractivity contribution in [3.63, 3.8) is 0 Å². The van der Waals surface area contributed by atoms with Gasteiger partial charge in [-0.1, -0.05) is 0 Å². The van der Waals surface area contributed by atoms with Gasteiger partial charge in [0.15, 0.2) is 11.3 Å². The molecule has 0 radical (unpaired) electrons. The minimum absolute atomic E-state index is 0.0313. The van der Waals surface area contributed by atoms with Gasteiger partial charge >= 0.3 is 0 Å². The Balaban J connectivity index is 1.98. The van der Waals surface area contributed by atoms with Gasteiger partial charge in [-0.3, -0.25) is 14.2 Å². The first-order valence-electron chi connectivity index (χ1n) is 8.19. The number of pyridine rings is 1. The molecule has 1 amide bonds. The highest BCUT2D eigenvalue weighted by molar-refractivity contribution is 5.93. The van der Waals surface area contributed by atoms with E-state index in [9.17, 15) is 9.59 Å². The van der Waals surface area contributed by atoms with Gasteiger partial charge in [0.1, 0.15) is 5.52 Å². The maximum Gasteiger partial charge on any atom is 0.283 e. The van der Waals surface area contributed by atoms with Crippen molar-refractivity contribution in [2.24, 2.45) is 5.92 Å². The van der Waals surface area contributed by atoms with Crippen LogP contribution in [0.25, 0.3) is 11.2 Å². The number of carbonyl (C=O) groups excluding carboxylic acids is 1. The molecule has 130 valence electrons. The molecule has 0 saturated carbocycles. The van der Waals surface area contributed by atoms with E-state index in [0.717, 1.165) is 0 Å². The zero-order valence-electron chi connectivity index (χ0n) is 14.0. The van der Waals surface area contributed by atoms with Crippen LogP contribution in [-0.4, -0.2) is 52.1 Å². The third kappa shape index (κ3) is 3.37. The molecule has 0 spiro atoms. The zero-order valence-corrected chi connectivity index (χ0v) is 14.0. The molecule has 1 aliphatic heterocycles. The Bertz CT molecular complexity index is 878. The molecule has 0 N–H and O–H groups in total. The van der Waals surface area contributed by atoms with Crippen LogP contribution in [0.1, 0.15) is 23.3 Å². The smallest absolute Gasteiger partial charge is 0.283 e. The molecule has 3 rings (SSSR count). The number of hydrogen-bond acceptors (Lipinski definition) is 6. The standard InChI is InChI=1S/C17H19N5O3/c1-25-10-9-22-15-13(3-2-6-19-15)20-14(17(22)24)16(23)21-7-4-12(11-18)5-8-21/h2-3,6,12H,4-5,7-10H2,1H3. The van der Waals surface area contributed by atoms with Crippen molar-refractivity contribution in [1.82, 2.24) is 19.4 Å². The SMILES string of the molecule is COCCn1c(=O)c(C(=O)N2CCC(C#N)CC2)nc2cccnc21. The molecule has 25 heavy (non-hydrogen) atoms. The number of fused-ring (bicyclic) bond motifs is 1. The van der Waals surface area contributed by atoms with E-state index in [2.05, 4.69) is 16.0 Å². The van der Waals surface area contributed by atoms with E-state index < -0.39 is 11.5 Å². The van der Waals surface area contributed by atoms with E-state index in [1.807, 2.05) is 0 Å². The molecule has 2 aromatic rings. The molecule has 8 nitrogen and oxygen atoms in total. The van der Waals surface area contributed by atoms with Gasteiger partial charge in [-0.05, 0) is 25.0 Å². The number of nitriles is 1. The van der Waals surface area contributed by atoms with Crippen molar-refractivity contribution in [1.29, 1.82) is 5.26 Å². The van der Waals surface area contributed by atoms with Crippen LogP contribution in [0.5, 0.6) is 0 Å². The maximum absolute atomic E-state index is 12.8. The summed E-state index contributed by atoms with van der Waals surface area (Å²) < 4.78 is 6.49. The van der Waals surface area contributed by atoms with Gasteiger partial charge in [0, 0.05) is 32.3 Å². The Hall–Kier alpha value is -2.79. The number of ether oxygens (including phenoxy) is 1. The molecule has 8 heteroatoms. The van der Waals surface area contributed by atoms with Gasteiger partial charge in [0.2, 0.25) is 0 Å². The van der Waals surface area contributed by atoms with Crippen LogP contribution < -0.4 is 5.56 Å². The lowest BCUT2D eigenvalue weighted by atomic mass is 9.98. The van der Waals surface area contributed by atoms with E-state index in [1.165, 1.54) is 4.57 Å². The lowest BCUT2D eigenvalue weighted by molar-refractivity contribution is 0.0698. The summed E-state index contributed by atoms with van der Waals surface area (Å²) in [7, 11) is 1.55. The normalized spacial score (nSPS) is 15.3. The zero-order chi connectivity index (χ0) is 17.8. The van der Waals surface area contributed by atoms with Gasteiger partial charge in [0.05, 0.1) is 19.2 Å². The summed E-state index contributed by atoms with van der Waals surface area (Å²) in [6.07, 6.45) is 2.82. The van der Waals surface area contributed by atoms with E-state index >= 15 is 0 Å². The number of methoxy groups -OCH3 is 1. The summed E-state index contributed by atoms with van der Waals surface area (Å²) >= 11 is 0. The maximum atomic E-state index is 12.8. The van der Waals surface area contributed by atoms with E-state index in [0.29, 0.717) is 50.2 Å². The van der Waals surface area contributed by atoms with Crippen LogP contribution in [0.4, 0.5) is 0 Å². The lowest BCUT2D eigenvalue weighted by Crippen LogP contribution is -2.42. The third-order valence-electron chi connectivity index (χ3n) is 4.39. The van der Waals surface area contributed by atoms with Gasteiger partial charge < -0.3 is 9.64 Å². The monoisotopic (exact) mass is 341 g/mol. The summed E-state index contributed by atoms with van der Waals surface area (Å²) in [6.45, 7) is 1.54. The first kappa shape index (κ1) is 17.0. The summed E-state index contributed by atoms with van der Waals surface area (Å²) in [4.78, 5) is 35.7. The van der Waals surface area contributed by atoms with Gasteiger partial charge in [-0.2, -0.15) is 5.26 Å². The van der Waals surface area contributed by atoms with Crippen LogP contribution >= 0.6 is 0 Å². The second-order valence-corrected chi connectivity index (χ2v) is 5.95. The topological polar surface area (TPSA) is 101 Å². The summed E-state index contributed by atoms with van der Waals surface area (Å²) in [6, 6.07) is 5.67. The van der Waals surface area contributed by atoms with Crippen molar-refractivity contribution in [3.8, 4) is 6.07 Å². The highest BCUT2D eigenvalue weighted by Crippen LogP contribution is 2.17. The molecule has 1 aliphatic rings. The molecule has 0 bridgehead atoms. The second-order valence-electron chi connectivity index (χ2n) is 5.95. The van der Waals surface area contributed by atoms with Crippen molar-refractivity contribution < 1.29 is 9.53 Å². The third-order valence-corrected chi connectivity index (χ3v) is 4.39. The predicted molar refractivity (Wildman–Crippen MR) is 89.9 cm³/mol. The van der Waals surface area contributed by atoms with Gasteiger partial charge in [0.25, 0.3) is 11.5 Å². The number of amides is 1. The Kier molecular flexibility index (Phi) is 5.05. The molecular formula is C17H19N5O3. The van der Waals surface area contributed by atoms with Crippen LogP contribution in [0.2, 0.25) is 0 Å². The summed E-state index contributed by atoms with van der Waals surface area (Å²) in [5.41, 5.74) is 0.361. The van der Waals surface area contributed by atoms with Crippen LogP contribution in [-0.2, 0) is 11.3 Å². The minimum Gasteiger partial charge on any atom is -0.383 e. The predicted octanol–water partition coefficient (Wildman–Crippen LogP) is 0.814. The number of carbonyl (C=O) groups is 1. The van der Waals surface area contributed by atoms with Crippen molar-refractivity contribution >= 4 is 17.1 Å². The molecular weight excluding hydrogens is 322 g/mol. The van der Waals surface area contributed by atoms with Gasteiger partial charge in [-0.15, -0.1) is 0 Å². The number of hydrogen-bond donors (Lipinski definition) is 0. The molecule has 1 fully saturated rings. The van der Waals surface area contributed by atoms with Crippen molar-refractivity contribution in [2.45, 2.75) is 19.4 Å². The Morgan fingerprint density at radius 1 is 1.44 bits per heavy atom. The fourth-order valence-electron chi connectivity index (χ4n) is 2.97. The first-order valence-corrected chi connectivity index (χ1v) is 8.19. The average molecular weight is 341 g/mol. The van der Waals surface area contributed by atoms with Crippen LogP contribution in [0.3, 0.4) is 0 Å². The Morgan fingerprint density at radius 3 is 2.88 bits per heavy atom. The number of likely N-dealkylation sites (tertiary alicyclic amines) is 1. The molecule has 0 aliphatic carbocycles. The first-order chi connectivity index (χ1) is 12.2. The van der Waals surface area contributed by atoms with E-state index in [4.69, 9.17) is 10.00 Å². The molecule has 3 heterocycles. The molecule has 1 saturated heterocycles. The fraction of sp³-hybridized carbons (Fsp3) is 0.471. The fourth-order valence-corrected chi connectivity index (χ4v) is 2.97. The number of rotatable bonds is 4. The Labute approximate surface area is 144 Å². The second kappa shape index (κ2) is 7.40. The Morgan fingerprint density at radius 2 is 2.20 bits per heavy atom. The summed E-state index contributed by atoms with van der Waals surface area (Å²) in [5.74, 6) is -0.422. The molecule has 0 atom stereocenters. The van der Waals surface area contributed by atoms with Crippen molar-refractivity contribution in [2.75, 3.05) is 26.8 Å². The lowest BCUT2D eigenvalue weighted by Gasteiger charge is -2.28. The van der Waals surface area contributed by atoms with Crippen LogP contribution in [0.15, 0.2) is 23.1 Å². The highest BCUT2D eigenvalue weighted by Gasteiger charge is 2.27. The average Bonchev–Trinajstić information content (AvgIpc) is 2.66. The van der Waals surface area contributed by atoms with E-state index in [-0.39, 0.29) is 11.6 Å². The molecule has 0 unspecified atom stereocenters. The number of aromatic nitrogens is 3. The highest BCUT2D eigenvalue weighted by atomic mass is 16.5. The van der Waals surface area contributed by atoms with Crippen LogP contribution in [0, 0.1) is 17.2 Å². The minimum atomic E-state index is -0.462. The number of nitrogens with zero attached hydrogens (tertiary/aromatic N) is 5. The van der Waals surface area contributed by atoms with E-state index in [1.54, 1.807) is 30.3 Å². The van der Waals surface area contributed by atoms with Crippen molar-refractivity contribution in [3.05, 3.63) is 34.4 Å². The number of piperidine rings is 1. The summed E-state index contributed by atoms with van der Waals surface area (Å²) in [5, 5.41) is 8.98. The quantitative estimate of drug-likeness (QED) is 0.816. The van der Waals surface area contributed by atoms with Gasteiger partial charge in [-0.25, -0.2) is 9.97 Å².